The van der Waals surface area contributed by atoms with Crippen molar-refractivity contribution < 1.29 is 9.72 Å². The van der Waals surface area contributed by atoms with Crippen molar-refractivity contribution in [3.63, 3.8) is 0 Å². The van der Waals surface area contributed by atoms with Gasteiger partial charge in [-0.05, 0) is 37.3 Å². The second-order valence-corrected chi connectivity index (χ2v) is 6.48. The number of aromatic nitrogens is 2. The lowest BCUT2D eigenvalue weighted by Gasteiger charge is -2.03. The Morgan fingerprint density at radius 3 is 2.63 bits per heavy atom. The largest absolute Gasteiger partial charge is 0.289 e. The van der Waals surface area contributed by atoms with Crippen molar-refractivity contribution in [3.05, 3.63) is 91.7 Å². The van der Waals surface area contributed by atoms with E-state index in [0.29, 0.717) is 27.1 Å². The van der Waals surface area contributed by atoms with Crippen LogP contribution in [0.15, 0.2) is 54.6 Å². The Balaban J connectivity index is 1.91. The van der Waals surface area contributed by atoms with Crippen LogP contribution in [0, 0.1) is 17.0 Å². The molecule has 3 aromatic rings. The molecule has 1 aromatic heterocycles. The minimum Gasteiger partial charge on any atom is -0.289 e. The molecule has 8 heteroatoms. The summed E-state index contributed by atoms with van der Waals surface area (Å²) >= 11 is 12.4. The fourth-order valence-corrected chi connectivity index (χ4v) is 3.03. The molecule has 0 N–H and O–H groups in total. The van der Waals surface area contributed by atoms with E-state index in [1.807, 2.05) is 6.07 Å². The summed E-state index contributed by atoms with van der Waals surface area (Å²) in [6, 6.07) is 12.6. The number of benzene rings is 2. The Kier molecular flexibility index (Phi) is 5.39. The highest BCUT2D eigenvalue weighted by molar-refractivity contribution is 6.32. The fourth-order valence-electron chi connectivity index (χ4n) is 2.51. The summed E-state index contributed by atoms with van der Waals surface area (Å²) < 4.78 is 1.53. The summed E-state index contributed by atoms with van der Waals surface area (Å²) in [4.78, 5) is 22.6. The normalized spacial score (nSPS) is 11.1. The Hall–Kier alpha value is -2.96. The van der Waals surface area contributed by atoms with Crippen LogP contribution in [-0.4, -0.2) is 20.5 Å². The zero-order valence-corrected chi connectivity index (χ0v) is 15.6. The van der Waals surface area contributed by atoms with E-state index in [0.717, 1.165) is 0 Å². The van der Waals surface area contributed by atoms with E-state index in [2.05, 4.69) is 5.10 Å². The van der Waals surface area contributed by atoms with Gasteiger partial charge >= 0.3 is 0 Å². The zero-order valence-electron chi connectivity index (χ0n) is 14.1. The van der Waals surface area contributed by atoms with Crippen LogP contribution in [0.3, 0.4) is 0 Å². The molecule has 136 valence electrons. The number of nitro benzene ring substituents is 1. The summed E-state index contributed by atoms with van der Waals surface area (Å²) in [5.41, 5.74) is 1.98. The number of aryl methyl sites for hydroxylation is 1. The second kappa shape index (κ2) is 7.73. The van der Waals surface area contributed by atoms with Gasteiger partial charge in [-0.25, -0.2) is 4.68 Å². The van der Waals surface area contributed by atoms with Crippen LogP contribution >= 0.6 is 23.2 Å². The molecule has 3 rings (SSSR count). The Morgan fingerprint density at radius 1 is 1.19 bits per heavy atom. The maximum absolute atomic E-state index is 12.3. The number of rotatable bonds is 5. The molecule has 0 spiro atoms. The number of nitrogens with zero attached hydrogens (tertiary/aromatic N) is 3. The Morgan fingerprint density at radius 2 is 1.93 bits per heavy atom. The van der Waals surface area contributed by atoms with E-state index >= 15 is 0 Å². The molecule has 0 aliphatic rings. The van der Waals surface area contributed by atoms with Crippen molar-refractivity contribution in [2.75, 3.05) is 0 Å². The van der Waals surface area contributed by atoms with Crippen molar-refractivity contribution in [1.82, 2.24) is 9.78 Å². The maximum Gasteiger partial charge on any atom is 0.270 e. The summed E-state index contributed by atoms with van der Waals surface area (Å²) in [5.74, 6) is -0.371. The van der Waals surface area contributed by atoms with Gasteiger partial charge < -0.3 is 0 Å². The minimum atomic E-state index is -0.545. The lowest BCUT2D eigenvalue weighted by molar-refractivity contribution is -0.384. The first-order valence-corrected chi connectivity index (χ1v) is 8.60. The van der Waals surface area contributed by atoms with Gasteiger partial charge in [0.2, 0.25) is 0 Å². The fraction of sp³-hybridized carbons (Fsp3) is 0.0526. The van der Waals surface area contributed by atoms with E-state index in [-0.39, 0.29) is 17.0 Å². The number of non-ortho nitro benzene ring substituents is 1. The van der Waals surface area contributed by atoms with E-state index < -0.39 is 4.92 Å². The van der Waals surface area contributed by atoms with E-state index in [1.54, 1.807) is 31.2 Å². The molecular formula is C19H13Cl2N3O3. The average molecular weight is 402 g/mol. The summed E-state index contributed by atoms with van der Waals surface area (Å²) in [6.45, 7) is 1.77. The number of carbonyl (C=O) groups is 1. The smallest absolute Gasteiger partial charge is 0.270 e. The van der Waals surface area contributed by atoms with Gasteiger partial charge in [0.05, 0.1) is 16.3 Å². The number of nitro groups is 1. The third-order valence-corrected chi connectivity index (χ3v) is 4.44. The molecule has 0 radical (unpaired) electrons. The van der Waals surface area contributed by atoms with Crippen LogP contribution in [-0.2, 0) is 0 Å². The summed E-state index contributed by atoms with van der Waals surface area (Å²) in [5, 5.41) is 16.1. The molecule has 0 saturated heterocycles. The van der Waals surface area contributed by atoms with E-state index in [4.69, 9.17) is 23.2 Å². The highest BCUT2D eigenvalue weighted by atomic mass is 35.5. The lowest BCUT2D eigenvalue weighted by atomic mass is 10.1. The van der Waals surface area contributed by atoms with Gasteiger partial charge in [0.25, 0.3) is 5.69 Å². The molecule has 0 fully saturated rings. The van der Waals surface area contributed by atoms with E-state index in [9.17, 15) is 14.9 Å². The molecule has 0 saturated carbocycles. The highest BCUT2D eigenvalue weighted by Gasteiger charge is 2.14. The third kappa shape index (κ3) is 4.07. The van der Waals surface area contributed by atoms with Crippen molar-refractivity contribution in [2.45, 2.75) is 6.92 Å². The SMILES string of the molecule is Cc1nn(-c2cccc(Cl)c2)c(Cl)c1/C=C/C(=O)c1cccc([N+](=O)[O-])c1. The number of halogens is 2. The van der Waals surface area contributed by atoms with Gasteiger partial charge in [0.1, 0.15) is 5.15 Å². The summed E-state index contributed by atoms with van der Waals surface area (Å²) in [7, 11) is 0. The number of hydrogen-bond acceptors (Lipinski definition) is 4. The quantitative estimate of drug-likeness (QED) is 0.251. The maximum atomic E-state index is 12.3. The molecular weight excluding hydrogens is 389 g/mol. The van der Waals surface area contributed by atoms with Crippen molar-refractivity contribution in [3.8, 4) is 5.69 Å². The van der Waals surface area contributed by atoms with Gasteiger partial charge in [-0.3, -0.25) is 14.9 Å². The second-order valence-electron chi connectivity index (χ2n) is 5.69. The van der Waals surface area contributed by atoms with Crippen LogP contribution < -0.4 is 0 Å². The highest BCUT2D eigenvalue weighted by Crippen LogP contribution is 2.26. The molecule has 0 bridgehead atoms. The number of ketones is 1. The molecule has 2 aromatic carbocycles. The molecule has 0 amide bonds. The first-order chi connectivity index (χ1) is 12.9. The predicted octanol–water partition coefficient (Wildman–Crippen LogP) is 5.29. The Bertz CT molecular complexity index is 1070. The predicted molar refractivity (Wildman–Crippen MR) is 105 cm³/mol. The standard InChI is InChI=1S/C19H13Cl2N3O3/c1-12-17(19(21)23(22-12)15-6-3-5-14(20)11-15)8-9-18(25)13-4-2-7-16(10-13)24(26)27/h2-11H,1H3/b9-8+. The van der Waals surface area contributed by atoms with Crippen LogP contribution in [0.2, 0.25) is 10.2 Å². The van der Waals surface area contributed by atoms with Gasteiger partial charge in [-0.15, -0.1) is 0 Å². The van der Waals surface area contributed by atoms with Crippen molar-refractivity contribution >= 4 is 40.7 Å². The Labute approximate surface area is 164 Å². The van der Waals surface area contributed by atoms with Gasteiger partial charge in [-0.2, -0.15) is 5.10 Å². The topological polar surface area (TPSA) is 78.0 Å². The first-order valence-electron chi connectivity index (χ1n) is 7.85. The van der Waals surface area contributed by atoms with Gasteiger partial charge in [-0.1, -0.05) is 41.4 Å². The lowest BCUT2D eigenvalue weighted by Crippen LogP contribution is -1.97. The van der Waals surface area contributed by atoms with Crippen LogP contribution in [0.5, 0.6) is 0 Å². The van der Waals surface area contributed by atoms with Crippen LogP contribution in [0.1, 0.15) is 21.6 Å². The first kappa shape index (κ1) is 18.8. The van der Waals surface area contributed by atoms with Crippen LogP contribution in [0.4, 0.5) is 5.69 Å². The molecule has 0 atom stereocenters. The van der Waals surface area contributed by atoms with Crippen LogP contribution in [0.25, 0.3) is 11.8 Å². The minimum absolute atomic E-state index is 0.141. The molecule has 27 heavy (non-hydrogen) atoms. The number of hydrogen-bond donors (Lipinski definition) is 0. The zero-order chi connectivity index (χ0) is 19.6. The third-order valence-electron chi connectivity index (χ3n) is 3.84. The van der Waals surface area contributed by atoms with Crippen molar-refractivity contribution in [2.24, 2.45) is 0 Å². The molecule has 0 unspecified atom stereocenters. The molecule has 0 aliphatic heterocycles. The van der Waals surface area contributed by atoms with E-state index in [1.165, 1.54) is 35.0 Å². The molecule has 6 nitrogen and oxygen atoms in total. The average Bonchev–Trinajstić information content (AvgIpc) is 2.93. The van der Waals surface area contributed by atoms with Gasteiger partial charge in [0.15, 0.2) is 5.78 Å². The number of carbonyl (C=O) groups excluding carboxylic acids is 1. The molecule has 0 aliphatic carbocycles. The van der Waals surface area contributed by atoms with Gasteiger partial charge in [0, 0.05) is 28.3 Å². The number of allylic oxidation sites excluding steroid dienone is 1. The monoisotopic (exact) mass is 401 g/mol. The molecule has 1 heterocycles. The van der Waals surface area contributed by atoms with Crippen molar-refractivity contribution in [1.29, 1.82) is 0 Å². The summed E-state index contributed by atoms with van der Waals surface area (Å²) in [6.07, 6.45) is 2.87.